The SMILES string of the molecule is COc1ccc(CNC(=O)C=[N+]=[N-])c(OC)c1. The van der Waals surface area contributed by atoms with Crippen LogP contribution in [0.5, 0.6) is 11.5 Å². The molecular formula is C11H13N3O3. The third kappa shape index (κ3) is 3.62. The monoisotopic (exact) mass is 235 g/mol. The molecule has 1 aromatic rings. The van der Waals surface area contributed by atoms with E-state index in [9.17, 15) is 4.79 Å². The fourth-order valence-corrected chi connectivity index (χ4v) is 1.28. The Kier molecular flexibility index (Phi) is 4.72. The number of hydrogen-bond donors (Lipinski definition) is 1. The summed E-state index contributed by atoms with van der Waals surface area (Å²) in [4.78, 5) is 13.7. The van der Waals surface area contributed by atoms with Crippen molar-refractivity contribution in [1.29, 1.82) is 0 Å². The zero-order valence-electron chi connectivity index (χ0n) is 9.64. The second kappa shape index (κ2) is 6.30. The van der Waals surface area contributed by atoms with Gasteiger partial charge in [0.1, 0.15) is 11.5 Å². The summed E-state index contributed by atoms with van der Waals surface area (Å²) < 4.78 is 10.2. The van der Waals surface area contributed by atoms with Gasteiger partial charge < -0.3 is 20.3 Å². The van der Waals surface area contributed by atoms with Crippen molar-refractivity contribution < 1.29 is 19.1 Å². The fraction of sp³-hybridized carbons (Fsp3) is 0.273. The van der Waals surface area contributed by atoms with Crippen molar-refractivity contribution in [3.8, 4) is 11.5 Å². The first kappa shape index (κ1) is 12.7. The van der Waals surface area contributed by atoms with Crippen LogP contribution in [0.15, 0.2) is 18.2 Å². The number of amides is 1. The van der Waals surface area contributed by atoms with E-state index in [2.05, 4.69) is 10.1 Å². The average Bonchev–Trinajstić information content (AvgIpc) is 2.36. The summed E-state index contributed by atoms with van der Waals surface area (Å²) in [5.41, 5.74) is 8.97. The van der Waals surface area contributed by atoms with Gasteiger partial charge in [0.25, 0.3) is 0 Å². The van der Waals surface area contributed by atoms with Crippen molar-refractivity contribution in [2.45, 2.75) is 6.54 Å². The molecule has 0 aromatic heterocycles. The number of nitrogens with one attached hydrogen (secondary N) is 1. The Morgan fingerprint density at radius 3 is 2.82 bits per heavy atom. The third-order valence-electron chi connectivity index (χ3n) is 2.12. The van der Waals surface area contributed by atoms with Crippen LogP contribution in [-0.4, -0.2) is 31.1 Å². The molecule has 1 rings (SSSR count). The molecule has 0 atom stereocenters. The van der Waals surface area contributed by atoms with E-state index in [0.29, 0.717) is 11.5 Å². The molecule has 0 saturated heterocycles. The predicted octanol–water partition coefficient (Wildman–Crippen LogP) is 0.621. The number of carbonyl (C=O) groups is 1. The maximum Gasteiger partial charge on any atom is 0.344 e. The Hall–Kier alpha value is -2.33. The van der Waals surface area contributed by atoms with Crippen molar-refractivity contribution in [1.82, 2.24) is 5.32 Å². The van der Waals surface area contributed by atoms with Gasteiger partial charge in [-0.15, -0.1) is 0 Å². The van der Waals surface area contributed by atoms with Crippen molar-refractivity contribution in [3.63, 3.8) is 0 Å². The van der Waals surface area contributed by atoms with Gasteiger partial charge in [0.05, 0.1) is 14.2 Å². The minimum absolute atomic E-state index is 0.276. The van der Waals surface area contributed by atoms with Crippen LogP contribution < -0.4 is 14.8 Å². The standard InChI is InChI=1S/C11H13N3O3/c1-16-9-4-3-8(10(5-9)17-2)6-13-11(15)7-14-12/h3-5,7H,6H2,1-2H3,(H,13,15). The largest absolute Gasteiger partial charge is 0.497 e. The summed E-state index contributed by atoms with van der Waals surface area (Å²) in [5.74, 6) is 0.810. The maximum absolute atomic E-state index is 11.1. The number of benzene rings is 1. The van der Waals surface area contributed by atoms with Crippen molar-refractivity contribution in [2.24, 2.45) is 0 Å². The molecule has 0 fully saturated rings. The molecule has 0 aliphatic rings. The Bertz CT molecular complexity index is 453. The summed E-state index contributed by atoms with van der Waals surface area (Å²) in [6.45, 7) is 0.276. The van der Waals surface area contributed by atoms with Gasteiger partial charge in [-0.2, -0.15) is 4.79 Å². The van der Waals surface area contributed by atoms with Crippen LogP contribution in [0.25, 0.3) is 5.53 Å². The van der Waals surface area contributed by atoms with Gasteiger partial charge in [0, 0.05) is 18.2 Å². The summed E-state index contributed by atoms with van der Waals surface area (Å²) in [7, 11) is 3.10. The van der Waals surface area contributed by atoms with Gasteiger partial charge in [0.15, 0.2) is 0 Å². The number of hydrogen-bond acceptors (Lipinski definition) is 3. The molecule has 0 bridgehead atoms. The highest BCUT2D eigenvalue weighted by Gasteiger charge is 2.07. The van der Waals surface area contributed by atoms with Crippen LogP contribution in [0, 0.1) is 0 Å². The second-order valence-corrected chi connectivity index (χ2v) is 3.14. The highest BCUT2D eigenvalue weighted by Crippen LogP contribution is 2.24. The molecule has 17 heavy (non-hydrogen) atoms. The van der Waals surface area contributed by atoms with E-state index >= 15 is 0 Å². The zero-order valence-corrected chi connectivity index (χ0v) is 9.64. The van der Waals surface area contributed by atoms with Crippen LogP contribution in [0.2, 0.25) is 0 Å². The van der Waals surface area contributed by atoms with E-state index in [-0.39, 0.29) is 6.54 Å². The summed E-state index contributed by atoms with van der Waals surface area (Å²) in [6.07, 6.45) is 0.788. The zero-order chi connectivity index (χ0) is 12.7. The highest BCUT2D eigenvalue weighted by molar-refractivity contribution is 6.23. The highest BCUT2D eigenvalue weighted by atomic mass is 16.5. The molecule has 0 aliphatic carbocycles. The first-order chi connectivity index (χ1) is 8.21. The lowest BCUT2D eigenvalue weighted by atomic mass is 10.2. The van der Waals surface area contributed by atoms with Gasteiger partial charge in [-0.1, -0.05) is 0 Å². The Morgan fingerprint density at radius 1 is 1.47 bits per heavy atom. The minimum Gasteiger partial charge on any atom is -0.497 e. The number of ether oxygens (including phenoxy) is 2. The molecular weight excluding hydrogens is 222 g/mol. The van der Waals surface area contributed by atoms with E-state index in [0.717, 1.165) is 11.8 Å². The lowest BCUT2D eigenvalue weighted by molar-refractivity contribution is -0.118. The van der Waals surface area contributed by atoms with E-state index < -0.39 is 5.91 Å². The van der Waals surface area contributed by atoms with Crippen molar-refractivity contribution in [2.75, 3.05) is 14.2 Å². The van der Waals surface area contributed by atoms with Crippen LogP contribution in [0.3, 0.4) is 0 Å². The fourth-order valence-electron chi connectivity index (χ4n) is 1.28. The van der Waals surface area contributed by atoms with Gasteiger partial charge in [-0.25, -0.2) is 0 Å². The Labute approximate surface area is 98.8 Å². The first-order valence-corrected chi connectivity index (χ1v) is 4.87. The summed E-state index contributed by atoms with van der Waals surface area (Å²) in [5, 5.41) is 2.54. The van der Waals surface area contributed by atoms with Crippen molar-refractivity contribution in [3.05, 3.63) is 29.3 Å². The van der Waals surface area contributed by atoms with Crippen LogP contribution >= 0.6 is 0 Å². The molecule has 0 unspecified atom stereocenters. The van der Waals surface area contributed by atoms with Gasteiger partial charge in [-0.05, 0) is 12.1 Å². The molecule has 1 N–H and O–H groups in total. The molecule has 90 valence electrons. The predicted molar refractivity (Wildman–Crippen MR) is 61.1 cm³/mol. The lowest BCUT2D eigenvalue weighted by Crippen LogP contribution is -2.24. The number of rotatable bonds is 5. The second-order valence-electron chi connectivity index (χ2n) is 3.14. The lowest BCUT2D eigenvalue weighted by Gasteiger charge is -2.09. The number of methoxy groups -OCH3 is 2. The Morgan fingerprint density at radius 2 is 2.24 bits per heavy atom. The molecule has 0 spiro atoms. The van der Waals surface area contributed by atoms with E-state index in [4.69, 9.17) is 15.0 Å². The molecule has 1 aromatic carbocycles. The minimum atomic E-state index is -0.481. The molecule has 1 amide bonds. The van der Waals surface area contributed by atoms with E-state index in [1.165, 1.54) is 7.11 Å². The summed E-state index contributed by atoms with van der Waals surface area (Å²) in [6, 6.07) is 5.28. The van der Waals surface area contributed by atoms with E-state index in [1.807, 2.05) is 0 Å². The quantitative estimate of drug-likeness (QED) is 0.461. The van der Waals surface area contributed by atoms with Crippen molar-refractivity contribution >= 4 is 12.1 Å². The van der Waals surface area contributed by atoms with Gasteiger partial charge >= 0.3 is 12.1 Å². The maximum atomic E-state index is 11.1. The normalized spacial score (nSPS) is 9.06. The van der Waals surface area contributed by atoms with Crippen LogP contribution in [0.1, 0.15) is 5.56 Å². The van der Waals surface area contributed by atoms with Gasteiger partial charge in [0.2, 0.25) is 0 Å². The average molecular weight is 235 g/mol. The summed E-state index contributed by atoms with van der Waals surface area (Å²) >= 11 is 0. The van der Waals surface area contributed by atoms with Gasteiger partial charge in [-0.3, -0.25) is 4.79 Å². The smallest absolute Gasteiger partial charge is 0.344 e. The molecule has 0 radical (unpaired) electrons. The molecule has 6 heteroatoms. The number of carbonyl (C=O) groups excluding carboxylic acids is 1. The van der Waals surface area contributed by atoms with Crippen LogP contribution in [-0.2, 0) is 11.3 Å². The first-order valence-electron chi connectivity index (χ1n) is 4.87. The van der Waals surface area contributed by atoms with E-state index in [1.54, 1.807) is 25.3 Å². The topological polar surface area (TPSA) is 84.0 Å². The number of nitrogens with zero attached hydrogens (tertiary/aromatic N) is 2. The third-order valence-corrected chi connectivity index (χ3v) is 2.12. The molecule has 0 aliphatic heterocycles. The molecule has 0 heterocycles. The Balaban J connectivity index is 2.76. The molecule has 6 nitrogen and oxygen atoms in total. The van der Waals surface area contributed by atoms with Crippen LogP contribution in [0.4, 0.5) is 0 Å². The molecule has 0 saturated carbocycles.